The second-order valence-corrected chi connectivity index (χ2v) is 6.64. The quantitative estimate of drug-likeness (QED) is 0.820. The molecule has 96 valence electrons. The van der Waals surface area contributed by atoms with Gasteiger partial charge in [0.2, 0.25) is 0 Å². The molecule has 5 nitrogen and oxygen atoms in total. The maximum Gasteiger partial charge on any atom is 0.150 e. The molecule has 0 unspecified atom stereocenters. The van der Waals surface area contributed by atoms with Crippen LogP contribution in [0.5, 0.6) is 0 Å². The maximum atomic E-state index is 11.2. The van der Waals surface area contributed by atoms with Crippen molar-refractivity contribution in [1.82, 2.24) is 5.32 Å². The van der Waals surface area contributed by atoms with E-state index in [1.165, 1.54) is 0 Å². The highest BCUT2D eigenvalue weighted by Crippen LogP contribution is 2.13. The first-order valence-corrected chi connectivity index (χ1v) is 7.53. The molecule has 0 saturated carbocycles. The molecule has 0 aliphatic carbocycles. The summed E-state index contributed by atoms with van der Waals surface area (Å²) in [4.78, 5) is 0. The summed E-state index contributed by atoms with van der Waals surface area (Å²) in [5.41, 5.74) is 0. The average molecular weight is 259 g/mol. The number of rotatable bonds is 4. The van der Waals surface area contributed by atoms with E-state index in [9.17, 15) is 8.42 Å². The predicted octanol–water partition coefficient (Wildman–Crippen LogP) is 0.439. The summed E-state index contributed by atoms with van der Waals surface area (Å²) in [6, 6.07) is 3.79. The van der Waals surface area contributed by atoms with Crippen molar-refractivity contribution in [2.45, 2.75) is 32.0 Å². The molecule has 0 radical (unpaired) electrons. The first kappa shape index (κ1) is 12.6. The van der Waals surface area contributed by atoms with Crippen LogP contribution in [0.1, 0.15) is 24.4 Å². The van der Waals surface area contributed by atoms with Crippen molar-refractivity contribution >= 4 is 9.84 Å². The lowest BCUT2D eigenvalue weighted by molar-refractivity contribution is 0.242. The van der Waals surface area contributed by atoms with Crippen LogP contribution in [-0.4, -0.2) is 31.1 Å². The zero-order valence-electron chi connectivity index (χ0n) is 9.55. The van der Waals surface area contributed by atoms with Crippen LogP contribution in [0.25, 0.3) is 0 Å². The molecule has 17 heavy (non-hydrogen) atoms. The number of hydrogen-bond donors (Lipinski definition) is 2. The van der Waals surface area contributed by atoms with Gasteiger partial charge in [0, 0.05) is 6.04 Å². The topological polar surface area (TPSA) is 79.5 Å². The van der Waals surface area contributed by atoms with Crippen LogP contribution in [0, 0.1) is 0 Å². The van der Waals surface area contributed by atoms with Gasteiger partial charge in [-0.3, -0.25) is 0 Å². The number of hydrogen-bond acceptors (Lipinski definition) is 5. The van der Waals surface area contributed by atoms with E-state index in [0.717, 1.165) is 5.76 Å². The monoisotopic (exact) mass is 259 g/mol. The molecule has 1 aliphatic heterocycles. The minimum atomic E-state index is -2.79. The molecule has 1 fully saturated rings. The van der Waals surface area contributed by atoms with Crippen molar-refractivity contribution in [3.63, 3.8) is 0 Å². The second-order valence-electron chi connectivity index (χ2n) is 4.33. The Morgan fingerprint density at radius 2 is 1.94 bits per heavy atom. The van der Waals surface area contributed by atoms with E-state index in [1.807, 2.05) is 6.07 Å². The van der Waals surface area contributed by atoms with Gasteiger partial charge in [-0.2, -0.15) is 0 Å². The summed E-state index contributed by atoms with van der Waals surface area (Å²) in [6.45, 7) is 0.479. The van der Waals surface area contributed by atoms with E-state index in [-0.39, 0.29) is 24.2 Å². The fraction of sp³-hybridized carbons (Fsp3) is 0.636. The smallest absolute Gasteiger partial charge is 0.150 e. The number of nitrogens with one attached hydrogen (secondary N) is 1. The first-order valence-electron chi connectivity index (χ1n) is 5.71. The number of sulfone groups is 1. The van der Waals surface area contributed by atoms with E-state index in [2.05, 4.69) is 5.32 Å². The van der Waals surface area contributed by atoms with Crippen LogP contribution in [-0.2, 0) is 23.0 Å². The third-order valence-corrected chi connectivity index (χ3v) is 4.71. The van der Waals surface area contributed by atoms with E-state index in [1.54, 1.807) is 6.07 Å². The lowest BCUT2D eigenvalue weighted by Crippen LogP contribution is -2.37. The molecule has 1 aliphatic rings. The summed E-state index contributed by atoms with van der Waals surface area (Å²) in [7, 11) is -2.79. The third-order valence-electron chi connectivity index (χ3n) is 2.99. The molecule has 6 heteroatoms. The fourth-order valence-corrected chi connectivity index (χ4v) is 3.43. The zero-order chi connectivity index (χ0) is 12.3. The van der Waals surface area contributed by atoms with Gasteiger partial charge >= 0.3 is 0 Å². The van der Waals surface area contributed by atoms with Crippen LogP contribution in [0.4, 0.5) is 0 Å². The Morgan fingerprint density at radius 3 is 2.53 bits per heavy atom. The summed E-state index contributed by atoms with van der Waals surface area (Å²) < 4.78 is 27.8. The minimum absolute atomic E-state index is 0.0956. The number of aliphatic hydroxyl groups excluding tert-OH is 1. The van der Waals surface area contributed by atoms with Gasteiger partial charge in [0.05, 0.1) is 18.1 Å². The van der Waals surface area contributed by atoms with Crippen molar-refractivity contribution in [3.05, 3.63) is 23.7 Å². The summed E-state index contributed by atoms with van der Waals surface area (Å²) in [5, 5.41) is 12.1. The highest BCUT2D eigenvalue weighted by molar-refractivity contribution is 7.91. The van der Waals surface area contributed by atoms with Gasteiger partial charge in [0.25, 0.3) is 0 Å². The van der Waals surface area contributed by atoms with Crippen molar-refractivity contribution in [2.75, 3.05) is 11.5 Å². The molecular formula is C11H17NO4S. The van der Waals surface area contributed by atoms with Crippen LogP contribution in [0.3, 0.4) is 0 Å². The Kier molecular flexibility index (Phi) is 3.86. The van der Waals surface area contributed by atoms with Crippen LogP contribution < -0.4 is 5.32 Å². The highest BCUT2D eigenvalue weighted by Gasteiger charge is 2.23. The van der Waals surface area contributed by atoms with Gasteiger partial charge in [0.1, 0.15) is 28.0 Å². The highest BCUT2D eigenvalue weighted by atomic mass is 32.2. The van der Waals surface area contributed by atoms with Gasteiger partial charge in [-0.25, -0.2) is 8.42 Å². The van der Waals surface area contributed by atoms with E-state index in [0.29, 0.717) is 25.1 Å². The normalized spacial score (nSPS) is 20.5. The number of aliphatic hydroxyl groups is 1. The fourth-order valence-electron chi connectivity index (χ4n) is 1.94. The van der Waals surface area contributed by atoms with Gasteiger partial charge in [-0.05, 0) is 25.0 Å². The molecule has 1 aromatic heterocycles. The third kappa shape index (κ3) is 3.55. The molecule has 0 amide bonds. The van der Waals surface area contributed by atoms with Crippen molar-refractivity contribution in [2.24, 2.45) is 0 Å². The summed E-state index contributed by atoms with van der Waals surface area (Å²) in [6.07, 6.45) is 1.33. The Morgan fingerprint density at radius 1 is 1.29 bits per heavy atom. The molecule has 0 bridgehead atoms. The first-order chi connectivity index (χ1) is 8.09. The lowest BCUT2D eigenvalue weighted by atomic mass is 10.1. The summed E-state index contributed by atoms with van der Waals surface area (Å²) in [5.74, 6) is 1.85. The Labute approximate surface area is 101 Å². The largest absolute Gasteiger partial charge is 0.462 e. The molecule has 0 aromatic carbocycles. The maximum absolute atomic E-state index is 11.2. The van der Waals surface area contributed by atoms with Crippen molar-refractivity contribution in [1.29, 1.82) is 0 Å². The van der Waals surface area contributed by atoms with Crippen molar-refractivity contribution < 1.29 is 17.9 Å². The van der Waals surface area contributed by atoms with E-state index < -0.39 is 9.84 Å². The average Bonchev–Trinajstić information content (AvgIpc) is 2.75. The van der Waals surface area contributed by atoms with Gasteiger partial charge < -0.3 is 14.8 Å². The zero-order valence-corrected chi connectivity index (χ0v) is 10.4. The van der Waals surface area contributed by atoms with Crippen LogP contribution in [0.15, 0.2) is 16.5 Å². The number of furan rings is 1. The predicted molar refractivity (Wildman–Crippen MR) is 63.1 cm³/mol. The van der Waals surface area contributed by atoms with Gasteiger partial charge in [-0.15, -0.1) is 0 Å². The molecule has 2 N–H and O–H groups in total. The SMILES string of the molecule is O=S1(=O)CCC(NCc2ccc(CO)o2)CC1. The molecule has 1 saturated heterocycles. The summed E-state index contributed by atoms with van der Waals surface area (Å²) >= 11 is 0. The Bertz CT molecular complexity index is 452. The van der Waals surface area contributed by atoms with Crippen LogP contribution in [0.2, 0.25) is 0 Å². The molecule has 2 rings (SSSR count). The molecule has 1 aromatic rings. The molecule has 0 spiro atoms. The van der Waals surface area contributed by atoms with Crippen molar-refractivity contribution in [3.8, 4) is 0 Å². The van der Waals surface area contributed by atoms with E-state index >= 15 is 0 Å². The van der Waals surface area contributed by atoms with Gasteiger partial charge in [0.15, 0.2) is 0 Å². The molecule has 0 atom stereocenters. The lowest BCUT2D eigenvalue weighted by Gasteiger charge is -2.22. The molecule has 2 heterocycles. The standard InChI is InChI=1S/C11H17NO4S/c13-8-11-2-1-10(16-11)7-12-9-3-5-17(14,15)6-4-9/h1-2,9,12-13H,3-8H2. The second kappa shape index (κ2) is 5.20. The molecular weight excluding hydrogens is 242 g/mol. The van der Waals surface area contributed by atoms with Crippen LogP contribution >= 0.6 is 0 Å². The van der Waals surface area contributed by atoms with E-state index in [4.69, 9.17) is 9.52 Å². The Hall–Kier alpha value is -0.850. The Balaban J connectivity index is 1.79. The minimum Gasteiger partial charge on any atom is -0.462 e. The van der Waals surface area contributed by atoms with Gasteiger partial charge in [-0.1, -0.05) is 0 Å².